The molecule has 2 N–H and O–H groups in total. The number of benzene rings is 3. The van der Waals surface area contributed by atoms with Gasteiger partial charge in [-0.1, -0.05) is 68.3 Å². The van der Waals surface area contributed by atoms with Crippen molar-refractivity contribution in [2.75, 3.05) is 12.0 Å². The van der Waals surface area contributed by atoms with Gasteiger partial charge in [0.25, 0.3) is 5.91 Å². The summed E-state index contributed by atoms with van der Waals surface area (Å²) in [6.45, 7) is 4.50. The molecule has 0 bridgehead atoms. The molecule has 0 radical (unpaired) electrons. The van der Waals surface area contributed by atoms with Gasteiger partial charge in [0.15, 0.2) is 0 Å². The average molecular weight is 606 g/mol. The maximum Gasteiger partial charge on any atom is 0.326 e. The monoisotopic (exact) mass is 605 g/mol. The van der Waals surface area contributed by atoms with Gasteiger partial charge in [-0.3, -0.25) is 4.79 Å². The van der Waals surface area contributed by atoms with E-state index in [1.807, 2.05) is 43.3 Å². The Hall–Kier alpha value is -3.49. The van der Waals surface area contributed by atoms with Gasteiger partial charge in [-0.15, -0.1) is 0 Å². The summed E-state index contributed by atoms with van der Waals surface area (Å²) in [7, 11) is -3.39. The van der Waals surface area contributed by atoms with Crippen LogP contribution in [0.4, 0.5) is 0 Å². The fraction of sp³-hybridized carbons (Fsp3) is 0.429. The van der Waals surface area contributed by atoms with E-state index in [0.717, 1.165) is 55.1 Å². The van der Waals surface area contributed by atoms with E-state index >= 15 is 0 Å². The largest absolute Gasteiger partial charge is 0.480 e. The van der Waals surface area contributed by atoms with Crippen LogP contribution >= 0.6 is 0 Å². The number of rotatable bonds is 14. The predicted molar refractivity (Wildman–Crippen MR) is 170 cm³/mol. The highest BCUT2D eigenvalue weighted by molar-refractivity contribution is 7.90. The van der Waals surface area contributed by atoms with E-state index < -0.39 is 27.8 Å². The molecule has 1 aliphatic rings. The molecule has 1 aliphatic carbocycles. The Balaban J connectivity index is 1.60. The Kier molecular flexibility index (Phi) is 11.2. The minimum atomic E-state index is -3.39. The van der Waals surface area contributed by atoms with Crippen molar-refractivity contribution < 1.29 is 27.9 Å². The molecule has 0 spiro atoms. The Morgan fingerprint density at radius 1 is 0.953 bits per heavy atom. The summed E-state index contributed by atoms with van der Waals surface area (Å²) >= 11 is 0. The number of fused-ring (bicyclic) bond motifs is 1. The first-order chi connectivity index (χ1) is 20.6. The van der Waals surface area contributed by atoms with Crippen LogP contribution in [0.2, 0.25) is 0 Å². The molecule has 0 saturated carbocycles. The molecule has 3 aromatic rings. The van der Waals surface area contributed by atoms with Crippen LogP contribution in [0.3, 0.4) is 0 Å². The van der Waals surface area contributed by atoms with Gasteiger partial charge in [-0.2, -0.15) is 0 Å². The topological polar surface area (TPSA) is 110 Å². The molecule has 2 atom stereocenters. The summed E-state index contributed by atoms with van der Waals surface area (Å²) in [4.78, 5) is 25.3. The van der Waals surface area contributed by atoms with Crippen LogP contribution in [0.5, 0.6) is 0 Å². The highest BCUT2D eigenvalue weighted by atomic mass is 32.2. The number of aryl methyl sites for hydroxylation is 3. The molecular formula is C35H43NO6S. The lowest BCUT2D eigenvalue weighted by Gasteiger charge is -2.23. The van der Waals surface area contributed by atoms with Crippen molar-refractivity contribution in [2.45, 2.75) is 84.0 Å². The third kappa shape index (κ3) is 9.00. The number of unbranched alkanes of at least 4 members (excludes halogenated alkanes) is 1. The van der Waals surface area contributed by atoms with Crippen LogP contribution in [0, 0.1) is 6.92 Å². The normalized spacial score (nSPS) is 14.5. The molecule has 0 heterocycles. The van der Waals surface area contributed by atoms with Crippen molar-refractivity contribution in [1.82, 2.24) is 5.32 Å². The van der Waals surface area contributed by atoms with E-state index in [9.17, 15) is 23.1 Å². The summed E-state index contributed by atoms with van der Waals surface area (Å²) in [6.07, 6.45) is 8.57. The molecule has 8 heteroatoms. The Bertz CT molecular complexity index is 1550. The van der Waals surface area contributed by atoms with Crippen molar-refractivity contribution in [3.8, 4) is 11.1 Å². The van der Waals surface area contributed by atoms with Gasteiger partial charge in [0.1, 0.15) is 15.9 Å². The minimum absolute atomic E-state index is 0.0387. The molecule has 0 aliphatic heterocycles. The summed E-state index contributed by atoms with van der Waals surface area (Å²) in [5, 5.41) is 12.2. The van der Waals surface area contributed by atoms with E-state index in [4.69, 9.17) is 4.74 Å². The second-order valence-corrected chi connectivity index (χ2v) is 13.9. The molecule has 0 saturated heterocycles. The molecule has 43 heavy (non-hydrogen) atoms. The minimum Gasteiger partial charge on any atom is -0.480 e. The van der Waals surface area contributed by atoms with Gasteiger partial charge < -0.3 is 15.2 Å². The lowest BCUT2D eigenvalue weighted by molar-refractivity contribution is -0.139. The first-order valence-electron chi connectivity index (χ1n) is 15.2. The average Bonchev–Trinajstić information content (AvgIpc) is 2.98. The second-order valence-electron chi connectivity index (χ2n) is 11.7. The van der Waals surface area contributed by atoms with Crippen LogP contribution in [0.1, 0.15) is 89.7 Å². The summed E-state index contributed by atoms with van der Waals surface area (Å²) in [5.41, 5.74) is 7.80. The fourth-order valence-corrected chi connectivity index (χ4v) is 6.35. The maximum atomic E-state index is 13.4. The molecule has 230 valence electrons. The quantitative estimate of drug-likeness (QED) is 0.214. The van der Waals surface area contributed by atoms with Crippen LogP contribution in [0.15, 0.2) is 60.7 Å². The number of hydrogen-bond donors (Lipinski definition) is 2. The van der Waals surface area contributed by atoms with E-state index in [-0.39, 0.29) is 18.3 Å². The van der Waals surface area contributed by atoms with Crippen LogP contribution in [-0.4, -0.2) is 43.5 Å². The number of amides is 1. The fourth-order valence-electron chi connectivity index (χ4n) is 5.69. The Morgan fingerprint density at radius 2 is 1.70 bits per heavy atom. The highest BCUT2D eigenvalue weighted by Crippen LogP contribution is 2.32. The number of ether oxygens (including phenoxy) is 1. The van der Waals surface area contributed by atoms with Crippen LogP contribution in [0.25, 0.3) is 11.1 Å². The van der Waals surface area contributed by atoms with Gasteiger partial charge in [-0.05, 0) is 96.5 Å². The van der Waals surface area contributed by atoms with E-state index in [0.29, 0.717) is 17.7 Å². The van der Waals surface area contributed by atoms with Gasteiger partial charge in [0.2, 0.25) is 0 Å². The molecule has 1 amide bonds. The van der Waals surface area contributed by atoms with Gasteiger partial charge in [0.05, 0.1) is 18.5 Å². The molecule has 0 fully saturated rings. The summed E-state index contributed by atoms with van der Waals surface area (Å²) in [6, 6.07) is 18.7. The van der Waals surface area contributed by atoms with E-state index in [1.54, 1.807) is 6.07 Å². The standard InChI is InChI=1S/C35H43NO6S/c1-4-5-14-33(28-17-16-26-11-7-8-12-27(26)22-28)42-23-25-15-18-30(31(21-25)29-13-9-6-10-24(29)2)34(37)36-32(35(38)39)19-20-43(3,40)41/h6,9-10,13,15-18,21-22,32-33H,4-5,7-8,11-12,14,19-20,23H2,1-3H3,(H,36,37)(H,38,39). The molecular weight excluding hydrogens is 562 g/mol. The summed E-state index contributed by atoms with van der Waals surface area (Å²) < 4.78 is 29.8. The van der Waals surface area contributed by atoms with Gasteiger partial charge in [-0.25, -0.2) is 13.2 Å². The second kappa shape index (κ2) is 14.8. The summed E-state index contributed by atoms with van der Waals surface area (Å²) in [5.74, 6) is -2.18. The number of carboxylic acid groups (broad SMARTS) is 1. The number of carboxylic acids is 1. The van der Waals surface area contributed by atoms with E-state index in [1.165, 1.54) is 29.5 Å². The van der Waals surface area contributed by atoms with Crippen molar-refractivity contribution >= 4 is 21.7 Å². The predicted octanol–water partition coefficient (Wildman–Crippen LogP) is 6.61. The van der Waals surface area contributed by atoms with Gasteiger partial charge in [0, 0.05) is 11.8 Å². The lowest BCUT2D eigenvalue weighted by atomic mass is 9.89. The Labute approximate surface area is 255 Å². The number of nitrogens with one attached hydrogen (secondary N) is 1. The van der Waals surface area contributed by atoms with Crippen LogP contribution in [-0.2, 0) is 38.8 Å². The third-order valence-corrected chi connectivity index (χ3v) is 9.14. The highest BCUT2D eigenvalue weighted by Gasteiger charge is 2.24. The van der Waals surface area contributed by atoms with Crippen molar-refractivity contribution in [1.29, 1.82) is 0 Å². The van der Waals surface area contributed by atoms with Crippen molar-refractivity contribution in [3.63, 3.8) is 0 Å². The third-order valence-electron chi connectivity index (χ3n) is 8.16. The molecule has 2 unspecified atom stereocenters. The number of sulfone groups is 1. The number of carbonyl (C=O) groups excluding carboxylic acids is 1. The van der Waals surface area contributed by atoms with Gasteiger partial charge >= 0.3 is 5.97 Å². The van der Waals surface area contributed by atoms with Crippen molar-refractivity contribution in [2.24, 2.45) is 0 Å². The smallest absolute Gasteiger partial charge is 0.326 e. The van der Waals surface area contributed by atoms with Crippen LogP contribution < -0.4 is 5.32 Å². The van der Waals surface area contributed by atoms with Crippen molar-refractivity contribution in [3.05, 3.63) is 94.0 Å². The number of carbonyl (C=O) groups is 2. The van der Waals surface area contributed by atoms with E-state index in [2.05, 4.69) is 30.4 Å². The Morgan fingerprint density at radius 3 is 2.40 bits per heavy atom. The number of hydrogen-bond acceptors (Lipinski definition) is 5. The zero-order valence-corrected chi connectivity index (χ0v) is 26.2. The molecule has 4 rings (SSSR count). The number of aliphatic carboxylic acids is 1. The molecule has 0 aromatic heterocycles. The molecule has 7 nitrogen and oxygen atoms in total. The maximum absolute atomic E-state index is 13.4. The lowest BCUT2D eigenvalue weighted by Crippen LogP contribution is -2.42. The first-order valence-corrected chi connectivity index (χ1v) is 17.3. The zero-order chi connectivity index (χ0) is 31.0. The molecule has 3 aromatic carbocycles. The first kappa shape index (κ1) is 32.4. The zero-order valence-electron chi connectivity index (χ0n) is 25.4. The SMILES string of the molecule is CCCCC(OCc1ccc(C(=O)NC(CCS(C)(=O)=O)C(=O)O)c(-c2ccccc2C)c1)c1ccc2c(c1)CCCC2.